The van der Waals surface area contributed by atoms with Crippen molar-refractivity contribution in [2.24, 2.45) is 0 Å². The lowest BCUT2D eigenvalue weighted by atomic mass is 10.0. The Labute approximate surface area is 156 Å². The third kappa shape index (κ3) is 3.14. The first-order chi connectivity index (χ1) is 13.2. The zero-order valence-electron chi connectivity index (χ0n) is 15.3. The lowest BCUT2D eigenvalue weighted by molar-refractivity contribution is 0.0952. The van der Waals surface area contributed by atoms with Gasteiger partial charge in [0.1, 0.15) is 19.3 Å². The SMILES string of the molecule is COc1cc([C@H]2O[C@@H]2C(=O)c2ccc3c(c2)OCCO3)cc(OC)c1OC. The van der Waals surface area contributed by atoms with E-state index in [4.69, 9.17) is 28.4 Å². The van der Waals surface area contributed by atoms with Gasteiger partial charge in [0.05, 0.1) is 21.3 Å². The van der Waals surface area contributed by atoms with Gasteiger partial charge in [-0.05, 0) is 35.9 Å². The second-order valence-corrected chi connectivity index (χ2v) is 6.16. The highest BCUT2D eigenvalue weighted by Gasteiger charge is 2.47. The van der Waals surface area contributed by atoms with Gasteiger partial charge in [-0.1, -0.05) is 0 Å². The molecular formula is C20H20O7. The molecule has 7 heteroatoms. The van der Waals surface area contributed by atoms with Gasteiger partial charge in [-0.2, -0.15) is 0 Å². The fourth-order valence-corrected chi connectivity index (χ4v) is 3.19. The summed E-state index contributed by atoms with van der Waals surface area (Å²) in [4.78, 5) is 12.8. The molecule has 0 saturated carbocycles. The summed E-state index contributed by atoms with van der Waals surface area (Å²) >= 11 is 0. The van der Waals surface area contributed by atoms with E-state index in [1.165, 1.54) is 0 Å². The number of hydrogen-bond acceptors (Lipinski definition) is 7. The normalized spacial score (nSPS) is 20.0. The molecule has 2 atom stereocenters. The summed E-state index contributed by atoms with van der Waals surface area (Å²) in [6.45, 7) is 0.980. The Hall–Kier alpha value is -2.93. The average molecular weight is 372 g/mol. The van der Waals surface area contributed by atoms with E-state index in [1.54, 1.807) is 51.7 Å². The van der Waals surface area contributed by atoms with E-state index in [1.807, 2.05) is 0 Å². The number of fused-ring (bicyclic) bond motifs is 1. The van der Waals surface area contributed by atoms with Crippen molar-refractivity contribution in [1.29, 1.82) is 0 Å². The first-order valence-electron chi connectivity index (χ1n) is 8.55. The number of rotatable bonds is 6. The van der Waals surface area contributed by atoms with Crippen LogP contribution in [0.25, 0.3) is 0 Å². The van der Waals surface area contributed by atoms with Crippen molar-refractivity contribution in [3.8, 4) is 28.7 Å². The van der Waals surface area contributed by atoms with E-state index in [0.29, 0.717) is 47.5 Å². The van der Waals surface area contributed by atoms with E-state index >= 15 is 0 Å². The lowest BCUT2D eigenvalue weighted by Gasteiger charge is -2.18. The zero-order valence-corrected chi connectivity index (χ0v) is 15.3. The van der Waals surface area contributed by atoms with Gasteiger partial charge in [0, 0.05) is 5.56 Å². The Morgan fingerprint density at radius 2 is 1.59 bits per heavy atom. The van der Waals surface area contributed by atoms with Crippen molar-refractivity contribution in [2.45, 2.75) is 12.2 Å². The van der Waals surface area contributed by atoms with Crippen LogP contribution in [0.2, 0.25) is 0 Å². The van der Waals surface area contributed by atoms with Crippen LogP contribution in [0.3, 0.4) is 0 Å². The highest BCUT2D eigenvalue weighted by atomic mass is 16.6. The van der Waals surface area contributed by atoms with Crippen LogP contribution in [-0.4, -0.2) is 46.4 Å². The van der Waals surface area contributed by atoms with Crippen molar-refractivity contribution in [3.63, 3.8) is 0 Å². The Bertz CT molecular complexity index is 852. The molecule has 1 saturated heterocycles. The lowest BCUT2D eigenvalue weighted by Crippen LogP contribution is -2.16. The molecule has 0 aliphatic carbocycles. The molecule has 2 aliphatic heterocycles. The van der Waals surface area contributed by atoms with Crippen LogP contribution in [0.1, 0.15) is 22.0 Å². The third-order valence-electron chi connectivity index (χ3n) is 4.59. The molecule has 7 nitrogen and oxygen atoms in total. The Kier molecular flexibility index (Phi) is 4.53. The molecule has 4 rings (SSSR count). The van der Waals surface area contributed by atoms with E-state index in [-0.39, 0.29) is 11.9 Å². The summed E-state index contributed by atoms with van der Waals surface area (Å²) in [5, 5.41) is 0. The summed E-state index contributed by atoms with van der Waals surface area (Å²) < 4.78 is 32.8. The van der Waals surface area contributed by atoms with Gasteiger partial charge in [0.15, 0.2) is 34.9 Å². The van der Waals surface area contributed by atoms with Crippen LogP contribution in [0.15, 0.2) is 30.3 Å². The number of methoxy groups -OCH3 is 3. The molecule has 2 aromatic rings. The molecule has 2 heterocycles. The molecule has 27 heavy (non-hydrogen) atoms. The maximum absolute atomic E-state index is 12.8. The molecule has 0 unspecified atom stereocenters. The first kappa shape index (κ1) is 17.5. The summed E-state index contributed by atoms with van der Waals surface area (Å²) in [6.07, 6.45) is -0.922. The molecule has 0 spiro atoms. The van der Waals surface area contributed by atoms with E-state index in [2.05, 4.69) is 0 Å². The van der Waals surface area contributed by atoms with E-state index in [9.17, 15) is 4.79 Å². The number of benzene rings is 2. The van der Waals surface area contributed by atoms with Gasteiger partial charge < -0.3 is 28.4 Å². The van der Waals surface area contributed by atoms with Crippen LogP contribution in [-0.2, 0) is 4.74 Å². The van der Waals surface area contributed by atoms with Crippen molar-refractivity contribution in [3.05, 3.63) is 41.5 Å². The zero-order chi connectivity index (χ0) is 19.0. The van der Waals surface area contributed by atoms with Crippen molar-refractivity contribution in [1.82, 2.24) is 0 Å². The molecule has 1 fully saturated rings. The number of carbonyl (C=O) groups excluding carboxylic acids is 1. The summed E-state index contributed by atoms with van der Waals surface area (Å²) in [6, 6.07) is 8.76. The maximum Gasteiger partial charge on any atom is 0.203 e. The monoisotopic (exact) mass is 372 g/mol. The maximum atomic E-state index is 12.8. The Balaban J connectivity index is 1.56. The third-order valence-corrected chi connectivity index (χ3v) is 4.59. The summed E-state index contributed by atoms with van der Waals surface area (Å²) in [5.74, 6) is 2.67. The fraction of sp³-hybridized carbons (Fsp3) is 0.350. The van der Waals surface area contributed by atoms with Crippen LogP contribution in [0.5, 0.6) is 28.7 Å². The van der Waals surface area contributed by atoms with Gasteiger partial charge in [0.2, 0.25) is 5.75 Å². The van der Waals surface area contributed by atoms with Crippen molar-refractivity contribution in [2.75, 3.05) is 34.5 Å². The molecule has 142 valence electrons. The fourth-order valence-electron chi connectivity index (χ4n) is 3.19. The molecule has 2 aliphatic rings. The van der Waals surface area contributed by atoms with Crippen molar-refractivity contribution < 1.29 is 33.2 Å². The van der Waals surface area contributed by atoms with Crippen LogP contribution < -0.4 is 23.7 Å². The molecule has 0 N–H and O–H groups in total. The minimum atomic E-state index is -0.560. The topological polar surface area (TPSA) is 75.8 Å². The van der Waals surface area contributed by atoms with Gasteiger partial charge in [-0.3, -0.25) is 4.79 Å². The highest BCUT2D eigenvalue weighted by Crippen LogP contribution is 2.47. The molecule has 0 aromatic heterocycles. The van der Waals surface area contributed by atoms with Crippen LogP contribution in [0.4, 0.5) is 0 Å². The Morgan fingerprint density at radius 3 is 2.22 bits per heavy atom. The predicted octanol–water partition coefficient (Wildman–Crippen LogP) is 2.81. The smallest absolute Gasteiger partial charge is 0.203 e. The number of hydrogen-bond donors (Lipinski definition) is 0. The Morgan fingerprint density at radius 1 is 0.926 bits per heavy atom. The number of Topliss-reactive ketones (excluding diaryl/α,β-unsaturated/α-hetero) is 1. The first-order valence-corrected chi connectivity index (χ1v) is 8.55. The van der Waals surface area contributed by atoms with Gasteiger partial charge in [-0.25, -0.2) is 0 Å². The molecular weight excluding hydrogens is 352 g/mol. The molecule has 0 radical (unpaired) electrons. The van der Waals surface area contributed by atoms with Gasteiger partial charge in [0.25, 0.3) is 0 Å². The van der Waals surface area contributed by atoms with Gasteiger partial charge >= 0.3 is 0 Å². The number of ether oxygens (including phenoxy) is 6. The summed E-state index contributed by atoms with van der Waals surface area (Å²) in [7, 11) is 4.64. The quantitative estimate of drug-likeness (QED) is 0.570. The summed E-state index contributed by atoms with van der Waals surface area (Å²) in [5.41, 5.74) is 1.32. The van der Waals surface area contributed by atoms with Crippen LogP contribution in [0, 0.1) is 0 Å². The minimum Gasteiger partial charge on any atom is -0.493 e. The highest BCUT2D eigenvalue weighted by molar-refractivity contribution is 6.02. The average Bonchev–Trinajstić information content (AvgIpc) is 3.52. The molecule has 2 aromatic carbocycles. The van der Waals surface area contributed by atoms with Crippen molar-refractivity contribution >= 4 is 5.78 Å². The number of carbonyl (C=O) groups is 1. The van der Waals surface area contributed by atoms with E-state index in [0.717, 1.165) is 5.56 Å². The number of ketones is 1. The second-order valence-electron chi connectivity index (χ2n) is 6.16. The molecule has 0 amide bonds. The van der Waals surface area contributed by atoms with Crippen LogP contribution >= 0.6 is 0 Å². The largest absolute Gasteiger partial charge is 0.493 e. The molecule has 0 bridgehead atoms. The standard InChI is InChI=1S/C20H20O7/c1-22-15-9-12(10-16(23-2)19(15)24-3)18-20(27-18)17(21)11-4-5-13-14(8-11)26-7-6-25-13/h4-5,8-10,18,20H,6-7H2,1-3H3/t18-,20-/m1/s1. The second kappa shape index (κ2) is 7.00. The van der Waals surface area contributed by atoms with E-state index < -0.39 is 6.10 Å². The number of epoxide rings is 1. The predicted molar refractivity (Wildman–Crippen MR) is 95.5 cm³/mol. The minimum absolute atomic E-state index is 0.106. The van der Waals surface area contributed by atoms with Gasteiger partial charge in [-0.15, -0.1) is 0 Å².